The Morgan fingerprint density at radius 2 is 2.13 bits per heavy atom. The molecule has 6 nitrogen and oxygen atoms in total. The number of benzene rings is 1. The third-order valence-corrected chi connectivity index (χ3v) is 4.20. The maximum absolute atomic E-state index is 12.2. The van der Waals surface area contributed by atoms with Gasteiger partial charge in [0.2, 0.25) is 0 Å². The second-order valence-corrected chi connectivity index (χ2v) is 5.84. The van der Waals surface area contributed by atoms with Crippen LogP contribution in [0.2, 0.25) is 0 Å². The molecule has 120 valence electrons. The fourth-order valence-corrected chi connectivity index (χ4v) is 2.81. The summed E-state index contributed by atoms with van der Waals surface area (Å²) in [4.78, 5) is 23.7. The van der Waals surface area contributed by atoms with Crippen molar-refractivity contribution in [2.45, 2.75) is 17.6 Å². The van der Waals surface area contributed by atoms with Crippen molar-refractivity contribution in [1.82, 2.24) is 5.32 Å². The highest BCUT2D eigenvalue weighted by molar-refractivity contribution is 7.98. The number of aliphatic carboxylic acids is 1. The first-order valence-electron chi connectivity index (χ1n) is 7.01. The smallest absolute Gasteiger partial charge is 0.330 e. The van der Waals surface area contributed by atoms with Gasteiger partial charge in [-0.05, 0) is 41.6 Å². The first kappa shape index (κ1) is 15.5. The highest BCUT2D eigenvalue weighted by Crippen LogP contribution is 2.28. The lowest BCUT2D eigenvalue weighted by Crippen LogP contribution is -2.33. The molecular weight excluding hydrogens is 318 g/mol. The Kier molecular flexibility index (Phi) is 4.29. The summed E-state index contributed by atoms with van der Waals surface area (Å²) in [6.07, 6.45) is 2.56. The molecule has 7 heteroatoms. The Labute approximate surface area is 136 Å². The van der Waals surface area contributed by atoms with Gasteiger partial charge in [0, 0.05) is 6.42 Å². The van der Waals surface area contributed by atoms with Gasteiger partial charge in [-0.1, -0.05) is 17.8 Å². The number of rotatable bonds is 5. The quantitative estimate of drug-likeness (QED) is 0.817. The van der Waals surface area contributed by atoms with Crippen molar-refractivity contribution >= 4 is 23.6 Å². The van der Waals surface area contributed by atoms with Crippen LogP contribution < -0.4 is 10.1 Å². The molecule has 2 N–H and O–H groups in total. The van der Waals surface area contributed by atoms with Crippen molar-refractivity contribution in [2.75, 3.05) is 12.9 Å². The van der Waals surface area contributed by atoms with Crippen LogP contribution >= 0.6 is 11.8 Å². The molecule has 1 aromatic heterocycles. The summed E-state index contributed by atoms with van der Waals surface area (Å²) < 4.78 is 10.7. The average Bonchev–Trinajstić information content (AvgIpc) is 3.19. The second-order valence-electron chi connectivity index (χ2n) is 5.03. The van der Waals surface area contributed by atoms with Crippen LogP contribution in [0.25, 0.3) is 0 Å². The van der Waals surface area contributed by atoms with Gasteiger partial charge in [0.15, 0.2) is 16.9 Å². The molecule has 0 bridgehead atoms. The first-order valence-corrected chi connectivity index (χ1v) is 8.24. The summed E-state index contributed by atoms with van der Waals surface area (Å²) in [5.74, 6) is -0.840. The number of fused-ring (bicyclic) bond motifs is 1. The molecule has 1 amide bonds. The topological polar surface area (TPSA) is 88.8 Å². The van der Waals surface area contributed by atoms with E-state index in [4.69, 9.17) is 9.15 Å². The zero-order valence-corrected chi connectivity index (χ0v) is 13.2. The molecule has 1 unspecified atom stereocenters. The van der Waals surface area contributed by atoms with Crippen LogP contribution in [0.5, 0.6) is 5.75 Å². The molecule has 0 fully saturated rings. The molecule has 1 aliphatic rings. The molecule has 0 saturated carbocycles. The first-order chi connectivity index (χ1) is 11.1. The van der Waals surface area contributed by atoms with E-state index in [2.05, 4.69) is 5.32 Å². The van der Waals surface area contributed by atoms with Gasteiger partial charge in [-0.25, -0.2) is 4.79 Å². The largest absolute Gasteiger partial charge is 0.493 e. The molecular formula is C16H15NO5S. The lowest BCUT2D eigenvalue weighted by atomic mass is 10.0. The van der Waals surface area contributed by atoms with E-state index in [-0.39, 0.29) is 5.76 Å². The molecule has 3 rings (SSSR count). The van der Waals surface area contributed by atoms with Crippen molar-refractivity contribution < 1.29 is 23.8 Å². The molecule has 0 spiro atoms. The third kappa shape index (κ3) is 3.19. The summed E-state index contributed by atoms with van der Waals surface area (Å²) in [7, 11) is 0. The zero-order chi connectivity index (χ0) is 16.4. The molecule has 1 aromatic carbocycles. The number of nitrogens with one attached hydrogen (secondary N) is 1. The zero-order valence-electron chi connectivity index (χ0n) is 12.4. The van der Waals surface area contributed by atoms with Crippen LogP contribution in [0.15, 0.2) is 39.8 Å². The SMILES string of the molecule is CSc1ccc(C(=O)NC(C(=O)O)c2ccc3c(c2)CCO3)o1. The summed E-state index contributed by atoms with van der Waals surface area (Å²) in [5, 5.41) is 12.5. The Bertz CT molecular complexity index is 755. The second kappa shape index (κ2) is 6.37. The number of furan rings is 1. The van der Waals surface area contributed by atoms with Gasteiger partial charge in [-0.15, -0.1) is 0 Å². The molecule has 2 heterocycles. The van der Waals surface area contributed by atoms with Gasteiger partial charge in [0.25, 0.3) is 5.91 Å². The standard InChI is InChI=1S/C16H15NO5S/c1-23-13-5-4-12(22-13)15(18)17-14(16(19)20)10-2-3-11-9(8-10)6-7-21-11/h2-5,8,14H,6-7H2,1H3,(H,17,18)(H,19,20). The van der Waals surface area contributed by atoms with Gasteiger partial charge in [0.1, 0.15) is 5.75 Å². The highest BCUT2D eigenvalue weighted by atomic mass is 32.2. The summed E-state index contributed by atoms with van der Waals surface area (Å²) in [6, 6.07) is 7.20. The van der Waals surface area contributed by atoms with Crippen molar-refractivity contribution in [3.63, 3.8) is 0 Å². The van der Waals surface area contributed by atoms with Gasteiger partial charge < -0.3 is 19.6 Å². The van der Waals surface area contributed by atoms with Crippen molar-refractivity contribution in [3.05, 3.63) is 47.2 Å². The van der Waals surface area contributed by atoms with Gasteiger partial charge in [-0.3, -0.25) is 4.79 Å². The van der Waals surface area contributed by atoms with E-state index < -0.39 is 17.9 Å². The van der Waals surface area contributed by atoms with Crippen molar-refractivity contribution in [2.24, 2.45) is 0 Å². The molecule has 1 atom stereocenters. The number of carbonyl (C=O) groups excluding carboxylic acids is 1. The molecule has 0 radical (unpaired) electrons. The molecule has 2 aromatic rings. The van der Waals surface area contributed by atoms with Gasteiger partial charge in [0.05, 0.1) is 6.61 Å². The molecule has 0 aliphatic carbocycles. The third-order valence-electron chi connectivity index (χ3n) is 3.58. The fraction of sp³-hybridized carbons (Fsp3) is 0.250. The maximum Gasteiger partial charge on any atom is 0.330 e. The number of carboxylic acid groups (broad SMARTS) is 1. The lowest BCUT2D eigenvalue weighted by molar-refractivity contribution is -0.139. The predicted molar refractivity (Wildman–Crippen MR) is 84.0 cm³/mol. The fourth-order valence-electron chi connectivity index (χ4n) is 2.43. The number of amides is 1. The summed E-state index contributed by atoms with van der Waals surface area (Å²) in [5.41, 5.74) is 1.46. The van der Waals surface area contributed by atoms with E-state index in [1.54, 1.807) is 24.3 Å². The monoisotopic (exact) mass is 333 g/mol. The molecule has 0 saturated heterocycles. The number of carbonyl (C=O) groups is 2. The van der Waals surface area contributed by atoms with Crippen LogP contribution in [-0.2, 0) is 11.2 Å². The number of hydrogen-bond acceptors (Lipinski definition) is 5. The van der Waals surface area contributed by atoms with Crippen LogP contribution in [0.1, 0.15) is 27.7 Å². The number of carboxylic acids is 1. The Morgan fingerprint density at radius 1 is 1.30 bits per heavy atom. The summed E-state index contributed by atoms with van der Waals surface area (Å²) >= 11 is 1.37. The summed E-state index contributed by atoms with van der Waals surface area (Å²) in [6.45, 7) is 0.590. The van der Waals surface area contributed by atoms with Gasteiger partial charge in [-0.2, -0.15) is 0 Å². The average molecular weight is 333 g/mol. The molecule has 1 aliphatic heterocycles. The van der Waals surface area contributed by atoms with Crippen LogP contribution in [0.3, 0.4) is 0 Å². The van der Waals surface area contributed by atoms with E-state index in [9.17, 15) is 14.7 Å². The normalized spacial score (nSPS) is 14.0. The van der Waals surface area contributed by atoms with Crippen LogP contribution in [0, 0.1) is 0 Å². The lowest BCUT2D eigenvalue weighted by Gasteiger charge is -2.15. The predicted octanol–water partition coefficient (Wildman–Crippen LogP) is 2.49. The van der Waals surface area contributed by atoms with Crippen molar-refractivity contribution in [3.8, 4) is 5.75 Å². The Balaban J connectivity index is 1.81. The minimum Gasteiger partial charge on any atom is -0.493 e. The van der Waals surface area contributed by atoms with Crippen molar-refractivity contribution in [1.29, 1.82) is 0 Å². The van der Waals surface area contributed by atoms with E-state index in [1.165, 1.54) is 17.8 Å². The van der Waals surface area contributed by atoms with E-state index in [0.29, 0.717) is 17.3 Å². The maximum atomic E-state index is 12.2. The molecule has 23 heavy (non-hydrogen) atoms. The number of hydrogen-bond donors (Lipinski definition) is 2. The van der Waals surface area contributed by atoms with Gasteiger partial charge >= 0.3 is 5.97 Å². The van der Waals surface area contributed by atoms with E-state index >= 15 is 0 Å². The highest BCUT2D eigenvalue weighted by Gasteiger charge is 2.25. The number of ether oxygens (including phenoxy) is 1. The minimum atomic E-state index is -1.14. The number of thioether (sulfide) groups is 1. The van der Waals surface area contributed by atoms with E-state index in [0.717, 1.165) is 17.7 Å². The minimum absolute atomic E-state index is 0.0880. The van der Waals surface area contributed by atoms with E-state index in [1.807, 2.05) is 6.26 Å². The Hall–Kier alpha value is -2.41. The van der Waals surface area contributed by atoms with Crippen LogP contribution in [-0.4, -0.2) is 29.8 Å². The van der Waals surface area contributed by atoms with Crippen LogP contribution in [0.4, 0.5) is 0 Å². The Morgan fingerprint density at radius 3 is 2.83 bits per heavy atom.